The monoisotopic (exact) mass is 875 g/mol. The van der Waals surface area contributed by atoms with Crippen molar-refractivity contribution in [2.24, 2.45) is 23.5 Å². The molecule has 62 heavy (non-hydrogen) atoms. The number of benzene rings is 1. The van der Waals surface area contributed by atoms with Gasteiger partial charge in [-0.2, -0.15) is 0 Å². The molecular formula is C43H70N8O11. The summed E-state index contributed by atoms with van der Waals surface area (Å²) in [5.41, 5.74) is 5.59. The van der Waals surface area contributed by atoms with E-state index >= 15 is 0 Å². The van der Waals surface area contributed by atoms with Crippen molar-refractivity contribution in [1.82, 2.24) is 36.4 Å². The molecule has 1 aromatic carbocycles. The Kier molecular flexibility index (Phi) is 21.8. The minimum Gasteiger partial charge on any atom is -0.459 e. The Morgan fingerprint density at radius 3 is 2.00 bits per heavy atom. The van der Waals surface area contributed by atoms with Gasteiger partial charge in [0.15, 0.2) is 0 Å². The summed E-state index contributed by atoms with van der Waals surface area (Å²) in [6.07, 6.45) is 0.786. The van der Waals surface area contributed by atoms with Crippen LogP contribution in [-0.2, 0) is 54.4 Å². The van der Waals surface area contributed by atoms with Crippen LogP contribution >= 0.6 is 0 Å². The van der Waals surface area contributed by atoms with E-state index in [0.29, 0.717) is 19.4 Å². The number of hydrogen-bond donors (Lipinski definition) is 6. The van der Waals surface area contributed by atoms with Crippen LogP contribution in [0.1, 0.15) is 100 Å². The van der Waals surface area contributed by atoms with Crippen molar-refractivity contribution < 1.29 is 52.6 Å². The maximum absolute atomic E-state index is 14.4. The highest BCUT2D eigenvalue weighted by Gasteiger charge is 2.44. The summed E-state index contributed by atoms with van der Waals surface area (Å²) >= 11 is 0. The number of hydrogen-bond acceptors (Lipinski definition) is 12. The van der Waals surface area contributed by atoms with Gasteiger partial charge in [0.25, 0.3) is 0 Å². The predicted octanol–water partition coefficient (Wildman–Crippen LogP) is 1.67. The second kappa shape index (κ2) is 25.6. The molecule has 19 heteroatoms. The van der Waals surface area contributed by atoms with Crippen molar-refractivity contribution in [2.45, 2.75) is 137 Å². The summed E-state index contributed by atoms with van der Waals surface area (Å²) in [4.78, 5) is 109. The first-order chi connectivity index (χ1) is 29.1. The third-order valence-corrected chi connectivity index (χ3v) is 9.62. The molecule has 348 valence electrons. The van der Waals surface area contributed by atoms with E-state index in [2.05, 4.69) is 26.6 Å². The Balaban J connectivity index is 2.15. The number of nitrogens with one attached hydrogen (secondary N) is 5. The number of nitrogens with two attached hydrogens (primary N) is 1. The van der Waals surface area contributed by atoms with Crippen molar-refractivity contribution >= 4 is 47.5 Å². The molecule has 0 aromatic heterocycles. The van der Waals surface area contributed by atoms with E-state index in [-0.39, 0.29) is 38.8 Å². The zero-order valence-electron chi connectivity index (χ0n) is 38.0. The maximum Gasteiger partial charge on any atom is 0.408 e. The fraction of sp³-hybridized carbons (Fsp3) is 0.674. The summed E-state index contributed by atoms with van der Waals surface area (Å²) in [6, 6.07) is 3.70. The maximum atomic E-state index is 14.4. The molecule has 0 spiro atoms. The average molecular weight is 875 g/mol. The minimum absolute atomic E-state index is 0.0285. The van der Waals surface area contributed by atoms with E-state index in [1.54, 1.807) is 60.6 Å². The molecule has 0 bridgehead atoms. The first-order valence-electron chi connectivity index (χ1n) is 21.3. The molecule has 1 saturated heterocycles. The quantitative estimate of drug-likeness (QED) is 0.0719. The van der Waals surface area contributed by atoms with E-state index in [0.717, 1.165) is 5.56 Å². The molecule has 0 saturated carbocycles. The lowest BCUT2D eigenvalue weighted by molar-refractivity contribution is -0.150. The lowest BCUT2D eigenvalue weighted by atomic mass is 9.96. The second-order valence-corrected chi connectivity index (χ2v) is 17.5. The molecule has 1 aliphatic rings. The highest BCUT2D eigenvalue weighted by atomic mass is 16.6. The minimum atomic E-state index is -1.14. The molecule has 7 N–H and O–H groups in total. The smallest absolute Gasteiger partial charge is 0.408 e. The largest absolute Gasteiger partial charge is 0.459 e. The van der Waals surface area contributed by atoms with Crippen LogP contribution in [0, 0.1) is 17.8 Å². The van der Waals surface area contributed by atoms with Crippen LogP contribution in [0.15, 0.2) is 30.3 Å². The summed E-state index contributed by atoms with van der Waals surface area (Å²) in [5.74, 6) is -5.46. The average Bonchev–Trinajstić information content (AvgIpc) is 3.33. The molecular weight excluding hydrogens is 805 g/mol. The SMILES string of the molecule is CC(C)C[C@H]1C(=O)N([C@H](C(=O)NCC(=O)N[C@@H](C)C(=O)OCc2ccccc2)C(C)C)COCN1C(=O)[C@@H](NC(=O)CNC(=O)[C@@H](CCCCN)NC(=O)OC(C)(C)C)C(C)C. The van der Waals surface area contributed by atoms with Gasteiger partial charge in [-0.25, -0.2) is 9.59 Å². The Hall–Kier alpha value is -5.30. The summed E-state index contributed by atoms with van der Waals surface area (Å²) in [6.45, 7) is 15.9. The van der Waals surface area contributed by atoms with E-state index in [9.17, 15) is 38.4 Å². The zero-order chi connectivity index (χ0) is 46.7. The number of amides is 7. The number of unbranched alkanes of at least 4 members (excludes halogenated alkanes) is 1. The predicted molar refractivity (Wildman–Crippen MR) is 229 cm³/mol. The van der Waals surface area contributed by atoms with Crippen molar-refractivity contribution in [1.29, 1.82) is 0 Å². The van der Waals surface area contributed by atoms with Gasteiger partial charge in [0.2, 0.25) is 35.4 Å². The molecule has 19 nitrogen and oxygen atoms in total. The molecule has 0 unspecified atom stereocenters. The van der Waals surface area contributed by atoms with E-state index in [1.807, 2.05) is 32.0 Å². The Morgan fingerprint density at radius 2 is 1.44 bits per heavy atom. The van der Waals surface area contributed by atoms with E-state index in [1.165, 1.54) is 16.7 Å². The molecule has 1 aromatic rings. The summed E-state index contributed by atoms with van der Waals surface area (Å²) < 4.78 is 16.5. The topological polar surface area (TPSA) is 257 Å². The van der Waals surface area contributed by atoms with Crippen LogP contribution in [-0.4, -0.2) is 126 Å². The van der Waals surface area contributed by atoms with Gasteiger partial charge in [-0.15, -0.1) is 0 Å². The van der Waals surface area contributed by atoms with Crippen molar-refractivity contribution in [3.8, 4) is 0 Å². The number of carbonyl (C=O) groups excluding carboxylic acids is 8. The van der Waals surface area contributed by atoms with Crippen molar-refractivity contribution in [3.63, 3.8) is 0 Å². The van der Waals surface area contributed by atoms with Gasteiger partial charge < -0.3 is 56.3 Å². The number of esters is 1. The highest BCUT2D eigenvalue weighted by Crippen LogP contribution is 2.24. The third-order valence-electron chi connectivity index (χ3n) is 9.62. The van der Waals surface area contributed by atoms with Gasteiger partial charge in [0.1, 0.15) is 55.9 Å². The highest BCUT2D eigenvalue weighted by molar-refractivity contribution is 5.96. The van der Waals surface area contributed by atoms with Crippen LogP contribution < -0.4 is 32.3 Å². The normalized spacial score (nSPS) is 16.4. The second-order valence-electron chi connectivity index (χ2n) is 17.5. The third kappa shape index (κ3) is 18.0. The van der Waals surface area contributed by atoms with Gasteiger partial charge in [0, 0.05) is 0 Å². The number of alkyl carbamates (subject to hydrolysis) is 1. The molecule has 0 aliphatic carbocycles. The van der Waals surface area contributed by atoms with Gasteiger partial charge >= 0.3 is 12.1 Å². The molecule has 2 rings (SSSR count). The molecule has 5 atom stereocenters. The Morgan fingerprint density at radius 1 is 0.823 bits per heavy atom. The van der Waals surface area contributed by atoms with Crippen molar-refractivity contribution in [2.75, 3.05) is 33.1 Å². The Bertz CT molecular complexity index is 1670. The van der Waals surface area contributed by atoms with Crippen LogP contribution in [0.4, 0.5) is 4.79 Å². The fourth-order valence-corrected chi connectivity index (χ4v) is 6.52. The van der Waals surface area contributed by atoms with Gasteiger partial charge in [-0.1, -0.05) is 71.9 Å². The van der Waals surface area contributed by atoms with Crippen LogP contribution in [0.3, 0.4) is 0 Å². The van der Waals surface area contributed by atoms with Crippen LogP contribution in [0.5, 0.6) is 0 Å². The lowest BCUT2D eigenvalue weighted by Crippen LogP contribution is -2.60. The van der Waals surface area contributed by atoms with Crippen molar-refractivity contribution in [3.05, 3.63) is 35.9 Å². The first-order valence-corrected chi connectivity index (χ1v) is 21.3. The lowest BCUT2D eigenvalue weighted by Gasteiger charge is -2.36. The molecule has 0 radical (unpaired) electrons. The van der Waals surface area contributed by atoms with Gasteiger partial charge in [-0.05, 0) is 83.2 Å². The molecule has 1 heterocycles. The zero-order valence-corrected chi connectivity index (χ0v) is 38.0. The summed E-state index contributed by atoms with van der Waals surface area (Å²) in [5, 5.41) is 12.8. The number of carbonyl (C=O) groups is 8. The van der Waals surface area contributed by atoms with Gasteiger partial charge in [0.05, 0.1) is 13.1 Å². The van der Waals surface area contributed by atoms with Gasteiger partial charge in [-0.3, -0.25) is 28.8 Å². The standard InChI is InChI=1S/C43H70N8O11/c1-26(2)20-32-39(56)51(36(28(5)6)38(55)46-21-33(52)47-29(7)41(58)61-23-30-16-12-11-13-17-30)25-60-24-50(32)40(57)35(27(3)4)49-34(53)22-45-37(54)31(18-14-15-19-44)48-42(59)62-43(8,9)10/h11-13,16-17,26-29,31-32,35-36H,14-15,18-25,44H2,1-10H3,(H,45,54)(H,46,55)(H,47,52)(H,48,59)(H,49,53)/t29-,31+,32-,35-,36-/m0/s1. The first kappa shape index (κ1) is 52.8. The van der Waals surface area contributed by atoms with E-state index < -0.39 is 108 Å². The Labute approximate surface area is 365 Å². The number of rotatable bonds is 22. The molecule has 7 amide bonds. The number of nitrogens with zero attached hydrogens (tertiary/aromatic N) is 2. The van der Waals surface area contributed by atoms with E-state index in [4.69, 9.17) is 19.9 Å². The molecule has 1 aliphatic heterocycles. The fourth-order valence-electron chi connectivity index (χ4n) is 6.52. The van der Waals surface area contributed by atoms with Crippen LogP contribution in [0.2, 0.25) is 0 Å². The van der Waals surface area contributed by atoms with Crippen LogP contribution in [0.25, 0.3) is 0 Å². The summed E-state index contributed by atoms with van der Waals surface area (Å²) in [7, 11) is 0. The molecule has 1 fully saturated rings. The number of ether oxygens (including phenoxy) is 3.